The van der Waals surface area contributed by atoms with Gasteiger partial charge in [-0.3, -0.25) is 9.59 Å². The lowest BCUT2D eigenvalue weighted by atomic mass is 9.91. The number of hydrogen-bond donors (Lipinski definition) is 2. The number of nitrogens with one attached hydrogen (secondary N) is 2. The summed E-state index contributed by atoms with van der Waals surface area (Å²) in [5.41, 5.74) is 0.561. The van der Waals surface area contributed by atoms with E-state index < -0.39 is 5.41 Å². The van der Waals surface area contributed by atoms with Crippen LogP contribution in [0.5, 0.6) is 0 Å². The molecule has 2 amide bonds. The zero-order chi connectivity index (χ0) is 19.2. The zero-order valence-corrected chi connectivity index (χ0v) is 15.8. The molecule has 0 unspecified atom stereocenters. The Hall–Kier alpha value is -2.76. The molecule has 2 rings (SSSR count). The number of hydrogen-bond acceptors (Lipinski definition) is 4. The van der Waals surface area contributed by atoms with Gasteiger partial charge in [0.15, 0.2) is 0 Å². The fourth-order valence-corrected chi connectivity index (χ4v) is 2.54. The Bertz CT molecular complexity index is 717. The Labute approximate surface area is 154 Å². The van der Waals surface area contributed by atoms with Gasteiger partial charge < -0.3 is 20.0 Å². The third-order valence-electron chi connectivity index (χ3n) is 4.39. The van der Waals surface area contributed by atoms with E-state index in [1.54, 1.807) is 32.2 Å². The second-order valence-corrected chi connectivity index (χ2v) is 6.56. The van der Waals surface area contributed by atoms with Gasteiger partial charge in [0.25, 0.3) is 0 Å². The van der Waals surface area contributed by atoms with E-state index in [4.69, 9.17) is 4.42 Å². The molecule has 0 saturated heterocycles. The van der Waals surface area contributed by atoms with Crippen LogP contribution in [0.2, 0.25) is 0 Å². The van der Waals surface area contributed by atoms with Gasteiger partial charge in [-0.25, -0.2) is 0 Å². The zero-order valence-electron chi connectivity index (χ0n) is 15.8. The highest BCUT2D eigenvalue weighted by Crippen LogP contribution is 2.22. The van der Waals surface area contributed by atoms with Crippen LogP contribution in [0.4, 0.5) is 11.4 Å². The van der Waals surface area contributed by atoms with Crippen molar-refractivity contribution in [1.29, 1.82) is 0 Å². The van der Waals surface area contributed by atoms with Crippen LogP contribution in [0.1, 0.15) is 33.5 Å². The molecule has 0 aliphatic carbocycles. The smallest absolute Gasteiger partial charge is 0.239 e. The Morgan fingerprint density at radius 2 is 1.69 bits per heavy atom. The minimum Gasteiger partial charge on any atom is -0.467 e. The molecular weight excluding hydrogens is 330 g/mol. The molecule has 0 aliphatic rings. The molecular formula is C20H27N3O3. The van der Waals surface area contributed by atoms with Crippen LogP contribution in [0.15, 0.2) is 47.1 Å². The van der Waals surface area contributed by atoms with Crippen molar-refractivity contribution in [2.75, 3.05) is 23.3 Å². The van der Waals surface area contributed by atoms with E-state index in [1.807, 2.05) is 24.3 Å². The molecule has 6 nitrogen and oxygen atoms in total. The molecule has 0 spiro atoms. The second-order valence-electron chi connectivity index (χ2n) is 6.56. The minimum absolute atomic E-state index is 0.251. The van der Waals surface area contributed by atoms with E-state index in [0.717, 1.165) is 18.8 Å². The lowest BCUT2D eigenvalue weighted by molar-refractivity contribution is -0.138. The Morgan fingerprint density at radius 1 is 1.04 bits per heavy atom. The van der Waals surface area contributed by atoms with Crippen molar-refractivity contribution in [2.24, 2.45) is 5.41 Å². The highest BCUT2D eigenvalue weighted by molar-refractivity contribution is 6.09. The Morgan fingerprint density at radius 3 is 2.23 bits per heavy atom. The average Bonchev–Trinajstić information content (AvgIpc) is 3.15. The first-order chi connectivity index (χ1) is 12.4. The summed E-state index contributed by atoms with van der Waals surface area (Å²) in [6.07, 6.45) is 1.54. The summed E-state index contributed by atoms with van der Waals surface area (Å²) in [5, 5.41) is 5.55. The molecule has 6 heteroatoms. The molecule has 0 radical (unpaired) electrons. The van der Waals surface area contributed by atoms with Gasteiger partial charge in [0.1, 0.15) is 11.2 Å². The largest absolute Gasteiger partial charge is 0.467 e. The highest BCUT2D eigenvalue weighted by Gasteiger charge is 2.36. The van der Waals surface area contributed by atoms with Crippen LogP contribution in [0.25, 0.3) is 0 Å². The number of furan rings is 1. The molecule has 1 aromatic carbocycles. The molecule has 0 bridgehead atoms. The summed E-state index contributed by atoms with van der Waals surface area (Å²) in [7, 11) is 0. The maximum Gasteiger partial charge on any atom is 0.239 e. The van der Waals surface area contributed by atoms with E-state index in [0.29, 0.717) is 11.4 Å². The molecule has 1 aromatic heterocycles. The number of benzene rings is 1. The second kappa shape index (κ2) is 8.56. The van der Waals surface area contributed by atoms with Crippen LogP contribution in [0.3, 0.4) is 0 Å². The number of anilines is 2. The fourth-order valence-electron chi connectivity index (χ4n) is 2.54. The van der Waals surface area contributed by atoms with Crippen LogP contribution in [0, 0.1) is 5.41 Å². The monoisotopic (exact) mass is 357 g/mol. The topological polar surface area (TPSA) is 74.6 Å². The molecule has 2 aromatic rings. The lowest BCUT2D eigenvalue weighted by Gasteiger charge is -2.23. The van der Waals surface area contributed by atoms with Gasteiger partial charge in [-0.15, -0.1) is 0 Å². The van der Waals surface area contributed by atoms with E-state index >= 15 is 0 Å². The summed E-state index contributed by atoms with van der Waals surface area (Å²) >= 11 is 0. The van der Waals surface area contributed by atoms with Crippen molar-refractivity contribution >= 4 is 23.2 Å². The van der Waals surface area contributed by atoms with Crippen molar-refractivity contribution in [3.05, 3.63) is 48.4 Å². The van der Waals surface area contributed by atoms with Crippen LogP contribution in [-0.4, -0.2) is 24.9 Å². The Kier molecular flexibility index (Phi) is 6.44. The third kappa shape index (κ3) is 4.65. The predicted octanol–water partition coefficient (Wildman–Crippen LogP) is 3.41. The third-order valence-corrected chi connectivity index (χ3v) is 4.39. The van der Waals surface area contributed by atoms with E-state index in [9.17, 15) is 9.59 Å². The summed E-state index contributed by atoms with van der Waals surface area (Å²) in [6, 6.07) is 11.1. The quantitative estimate of drug-likeness (QED) is 0.710. The number of amides is 2. The molecule has 26 heavy (non-hydrogen) atoms. The van der Waals surface area contributed by atoms with Crippen LogP contribution in [-0.2, 0) is 16.1 Å². The first kappa shape index (κ1) is 19.6. The molecule has 1 heterocycles. The van der Waals surface area contributed by atoms with Crippen LogP contribution < -0.4 is 15.5 Å². The summed E-state index contributed by atoms with van der Waals surface area (Å²) in [4.78, 5) is 27.2. The van der Waals surface area contributed by atoms with Crippen molar-refractivity contribution in [3.63, 3.8) is 0 Å². The molecule has 0 fully saturated rings. The van der Waals surface area contributed by atoms with Gasteiger partial charge in [-0.05, 0) is 64.1 Å². The molecule has 0 saturated carbocycles. The maximum atomic E-state index is 12.6. The van der Waals surface area contributed by atoms with E-state index in [1.165, 1.54) is 0 Å². The lowest BCUT2D eigenvalue weighted by Crippen LogP contribution is -2.44. The number of nitrogens with zero attached hydrogens (tertiary/aromatic N) is 1. The first-order valence-electron chi connectivity index (χ1n) is 8.85. The van der Waals surface area contributed by atoms with Crippen LogP contribution >= 0.6 is 0 Å². The van der Waals surface area contributed by atoms with Gasteiger partial charge in [0.05, 0.1) is 12.8 Å². The maximum absolute atomic E-state index is 12.6. The fraction of sp³-hybridized carbons (Fsp3) is 0.400. The van der Waals surface area contributed by atoms with Crippen molar-refractivity contribution < 1.29 is 14.0 Å². The summed E-state index contributed by atoms with van der Waals surface area (Å²) in [5.74, 6) is -0.0715. The van der Waals surface area contributed by atoms with Gasteiger partial charge in [-0.1, -0.05) is 0 Å². The standard InChI is InChI=1S/C20H27N3O3/c1-5-23(6-2)16-11-9-15(10-12-16)22-19(25)20(3,4)18(24)21-14-17-8-7-13-26-17/h7-13H,5-6,14H2,1-4H3,(H,21,24)(H,22,25). The van der Waals surface area contributed by atoms with E-state index in [-0.39, 0.29) is 18.4 Å². The van der Waals surface area contributed by atoms with Gasteiger partial charge in [-0.2, -0.15) is 0 Å². The van der Waals surface area contributed by atoms with Crippen molar-refractivity contribution in [3.8, 4) is 0 Å². The van der Waals surface area contributed by atoms with Gasteiger partial charge in [0.2, 0.25) is 11.8 Å². The van der Waals surface area contributed by atoms with Crippen molar-refractivity contribution in [2.45, 2.75) is 34.2 Å². The van der Waals surface area contributed by atoms with Crippen molar-refractivity contribution in [1.82, 2.24) is 5.32 Å². The SMILES string of the molecule is CCN(CC)c1ccc(NC(=O)C(C)(C)C(=O)NCc2ccco2)cc1. The van der Waals surface area contributed by atoms with Gasteiger partial charge >= 0.3 is 0 Å². The number of carbonyl (C=O) groups is 2. The first-order valence-corrected chi connectivity index (χ1v) is 8.85. The molecule has 2 N–H and O–H groups in total. The van der Waals surface area contributed by atoms with E-state index in [2.05, 4.69) is 29.4 Å². The highest BCUT2D eigenvalue weighted by atomic mass is 16.3. The molecule has 0 aliphatic heterocycles. The Balaban J connectivity index is 1.97. The minimum atomic E-state index is -1.20. The molecule has 0 atom stereocenters. The number of rotatable bonds is 8. The summed E-state index contributed by atoms with van der Waals surface area (Å²) < 4.78 is 5.18. The predicted molar refractivity (Wildman–Crippen MR) is 103 cm³/mol. The normalized spacial score (nSPS) is 11.1. The molecule has 140 valence electrons. The summed E-state index contributed by atoms with van der Waals surface area (Å²) in [6.45, 7) is 9.50. The van der Waals surface area contributed by atoms with Gasteiger partial charge in [0, 0.05) is 24.5 Å². The number of carbonyl (C=O) groups excluding carboxylic acids is 2. The average molecular weight is 357 g/mol.